The average molecular weight is 483 g/mol. The lowest BCUT2D eigenvalue weighted by Crippen LogP contribution is -2.22. The monoisotopic (exact) mass is 482 g/mol. The summed E-state index contributed by atoms with van der Waals surface area (Å²) in [6.07, 6.45) is 3.62. The first kappa shape index (κ1) is 22.6. The van der Waals surface area contributed by atoms with Gasteiger partial charge >= 0.3 is 0 Å². The second kappa shape index (κ2) is 10.9. The lowest BCUT2D eigenvalue weighted by Gasteiger charge is -2.11. The van der Waals surface area contributed by atoms with Crippen LogP contribution in [0.4, 0.5) is 0 Å². The highest BCUT2D eigenvalue weighted by molar-refractivity contribution is 7.99. The van der Waals surface area contributed by atoms with Gasteiger partial charge in [0, 0.05) is 28.3 Å². The van der Waals surface area contributed by atoms with Gasteiger partial charge in [0.25, 0.3) is 5.56 Å². The molecule has 0 N–H and O–H groups in total. The molecule has 4 aromatic rings. The van der Waals surface area contributed by atoms with Crippen molar-refractivity contribution in [3.05, 3.63) is 88.0 Å². The fourth-order valence-corrected chi connectivity index (χ4v) is 5.45. The smallest absolute Gasteiger partial charge is 0.263 e. The first-order chi connectivity index (χ1) is 15.7. The number of hydrogen-bond acceptors (Lipinski definition) is 5. The quantitative estimate of drug-likeness (QED) is 0.106. The van der Waals surface area contributed by atoms with Gasteiger partial charge in [-0.3, -0.25) is 9.36 Å². The van der Waals surface area contributed by atoms with Crippen LogP contribution in [-0.2, 0) is 6.54 Å². The third-order valence-corrected chi connectivity index (χ3v) is 7.09. The van der Waals surface area contributed by atoms with E-state index < -0.39 is 0 Å². The van der Waals surface area contributed by atoms with Crippen LogP contribution in [0.1, 0.15) is 12.8 Å². The zero-order chi connectivity index (χ0) is 22.3. The van der Waals surface area contributed by atoms with Gasteiger partial charge in [0.15, 0.2) is 5.16 Å². The van der Waals surface area contributed by atoms with Crippen LogP contribution in [0.15, 0.2) is 82.6 Å². The molecule has 0 unspecified atom stereocenters. The van der Waals surface area contributed by atoms with E-state index in [9.17, 15) is 4.79 Å². The Morgan fingerprint density at radius 3 is 2.66 bits per heavy atom. The Hall–Kier alpha value is -2.54. The van der Waals surface area contributed by atoms with Gasteiger partial charge < -0.3 is 4.74 Å². The highest BCUT2D eigenvalue weighted by Gasteiger charge is 2.16. The van der Waals surface area contributed by atoms with Crippen LogP contribution in [0.3, 0.4) is 0 Å². The lowest BCUT2D eigenvalue weighted by molar-refractivity contribution is 0.310. The van der Waals surface area contributed by atoms with Crippen molar-refractivity contribution in [1.82, 2.24) is 9.55 Å². The summed E-state index contributed by atoms with van der Waals surface area (Å²) in [5, 5.41) is 4.14. The summed E-state index contributed by atoms with van der Waals surface area (Å²) in [5.41, 5.74) is 1.96. The minimum absolute atomic E-state index is 0.0106. The molecular formula is C25H23ClN2O2S2. The summed E-state index contributed by atoms with van der Waals surface area (Å²) in [6.45, 7) is 4.90. The van der Waals surface area contributed by atoms with E-state index in [0.29, 0.717) is 23.6 Å². The molecule has 7 heteroatoms. The molecule has 0 aliphatic rings. The predicted octanol–water partition coefficient (Wildman–Crippen LogP) is 6.92. The molecule has 0 aliphatic carbocycles. The minimum Gasteiger partial charge on any atom is -0.494 e. The number of fused-ring (bicyclic) bond motifs is 1. The Labute approximate surface area is 200 Å². The molecule has 2 aromatic carbocycles. The van der Waals surface area contributed by atoms with Crippen molar-refractivity contribution in [2.75, 3.05) is 12.4 Å². The van der Waals surface area contributed by atoms with Gasteiger partial charge in [-0.1, -0.05) is 59.8 Å². The van der Waals surface area contributed by atoms with Gasteiger partial charge in [-0.25, -0.2) is 4.98 Å². The highest BCUT2D eigenvalue weighted by atomic mass is 35.5. The minimum atomic E-state index is -0.0106. The van der Waals surface area contributed by atoms with Crippen molar-refractivity contribution in [1.29, 1.82) is 0 Å². The van der Waals surface area contributed by atoms with Gasteiger partial charge in [-0.2, -0.15) is 0 Å². The number of halogens is 1. The number of aromatic nitrogens is 2. The van der Waals surface area contributed by atoms with Crippen LogP contribution in [0.2, 0.25) is 5.02 Å². The Morgan fingerprint density at radius 2 is 1.91 bits per heavy atom. The number of thioether (sulfide) groups is 1. The van der Waals surface area contributed by atoms with E-state index in [1.165, 1.54) is 11.3 Å². The number of thiophene rings is 1. The number of rotatable bonds is 10. The van der Waals surface area contributed by atoms with Crippen molar-refractivity contribution in [3.8, 4) is 16.9 Å². The molecule has 164 valence electrons. The van der Waals surface area contributed by atoms with Crippen LogP contribution in [0.5, 0.6) is 5.75 Å². The van der Waals surface area contributed by atoms with Gasteiger partial charge in [0.2, 0.25) is 0 Å². The van der Waals surface area contributed by atoms with E-state index >= 15 is 0 Å². The van der Waals surface area contributed by atoms with Crippen molar-refractivity contribution < 1.29 is 4.74 Å². The van der Waals surface area contributed by atoms with Crippen LogP contribution in [0, 0.1) is 0 Å². The Balaban J connectivity index is 1.44. The highest BCUT2D eigenvalue weighted by Crippen LogP contribution is 2.32. The molecule has 0 atom stereocenters. The Morgan fingerprint density at radius 1 is 1.12 bits per heavy atom. The van der Waals surface area contributed by atoms with Gasteiger partial charge in [-0.15, -0.1) is 17.9 Å². The third kappa shape index (κ3) is 5.26. The molecule has 2 heterocycles. The Bertz CT molecular complexity index is 1250. The summed E-state index contributed by atoms with van der Waals surface area (Å²) in [4.78, 5) is 19.0. The number of allylic oxidation sites excluding steroid dienone is 1. The first-order valence-corrected chi connectivity index (χ1v) is 12.6. The fourth-order valence-electron chi connectivity index (χ4n) is 3.32. The summed E-state index contributed by atoms with van der Waals surface area (Å²) in [7, 11) is 0. The van der Waals surface area contributed by atoms with E-state index in [4.69, 9.17) is 21.3 Å². The maximum atomic E-state index is 13.3. The maximum Gasteiger partial charge on any atom is 0.263 e. The molecule has 2 aromatic heterocycles. The summed E-state index contributed by atoms with van der Waals surface area (Å²) < 4.78 is 7.47. The average Bonchev–Trinajstić information content (AvgIpc) is 3.24. The number of ether oxygens (including phenoxy) is 1. The maximum absolute atomic E-state index is 13.3. The molecule has 0 saturated heterocycles. The lowest BCUT2D eigenvalue weighted by atomic mass is 10.1. The standard InChI is InChI=1S/C25H23ClN2O2S2/c1-2-14-28-24(29)22-21(18-8-4-3-5-9-18)17-32-23(22)27-25(28)31-16-7-6-15-30-20-12-10-19(26)11-13-20/h2-5,8-13,17H,1,6-7,14-16H2. The number of hydrogen-bond donors (Lipinski definition) is 0. The van der Waals surface area contributed by atoms with Gasteiger partial charge in [0.05, 0.1) is 12.0 Å². The second-order valence-electron chi connectivity index (χ2n) is 7.15. The molecule has 4 rings (SSSR count). The third-order valence-electron chi connectivity index (χ3n) is 4.91. The number of unbranched alkanes of at least 4 members (excludes halogenated alkanes) is 1. The van der Waals surface area contributed by atoms with Crippen LogP contribution in [-0.4, -0.2) is 21.9 Å². The molecule has 0 fully saturated rings. The zero-order valence-corrected chi connectivity index (χ0v) is 19.9. The van der Waals surface area contributed by atoms with Gasteiger partial charge in [0.1, 0.15) is 10.6 Å². The first-order valence-electron chi connectivity index (χ1n) is 10.4. The largest absolute Gasteiger partial charge is 0.494 e. The molecular weight excluding hydrogens is 460 g/mol. The second-order valence-corrected chi connectivity index (χ2v) is 9.51. The molecule has 0 saturated carbocycles. The van der Waals surface area contributed by atoms with E-state index in [1.807, 2.05) is 60.0 Å². The zero-order valence-electron chi connectivity index (χ0n) is 17.5. The topological polar surface area (TPSA) is 44.1 Å². The van der Waals surface area contributed by atoms with Crippen molar-refractivity contribution >= 4 is 44.9 Å². The normalized spacial score (nSPS) is 11.0. The van der Waals surface area contributed by atoms with E-state index in [-0.39, 0.29) is 5.56 Å². The van der Waals surface area contributed by atoms with Crippen LogP contribution in [0.25, 0.3) is 21.3 Å². The molecule has 4 nitrogen and oxygen atoms in total. The summed E-state index contributed by atoms with van der Waals surface area (Å²) in [6, 6.07) is 17.4. The predicted molar refractivity (Wildman–Crippen MR) is 136 cm³/mol. The SMILES string of the molecule is C=CCn1c(SCCCCOc2ccc(Cl)cc2)nc2scc(-c3ccccc3)c2c1=O. The van der Waals surface area contributed by atoms with E-state index in [2.05, 4.69) is 6.58 Å². The number of nitrogens with zero attached hydrogens (tertiary/aromatic N) is 2. The molecule has 0 spiro atoms. The molecule has 0 radical (unpaired) electrons. The molecule has 32 heavy (non-hydrogen) atoms. The van der Waals surface area contributed by atoms with Crippen LogP contribution < -0.4 is 10.3 Å². The molecule has 0 amide bonds. The van der Waals surface area contributed by atoms with E-state index in [0.717, 1.165) is 45.5 Å². The van der Waals surface area contributed by atoms with E-state index in [1.54, 1.807) is 22.4 Å². The summed E-state index contributed by atoms with van der Waals surface area (Å²) >= 11 is 9.02. The van der Waals surface area contributed by atoms with Crippen molar-refractivity contribution in [3.63, 3.8) is 0 Å². The van der Waals surface area contributed by atoms with Gasteiger partial charge in [-0.05, 0) is 42.7 Å². The van der Waals surface area contributed by atoms with Crippen molar-refractivity contribution in [2.24, 2.45) is 0 Å². The Kier molecular flexibility index (Phi) is 7.68. The summed E-state index contributed by atoms with van der Waals surface area (Å²) in [5.74, 6) is 1.68. The number of benzene rings is 2. The van der Waals surface area contributed by atoms with Crippen LogP contribution >= 0.6 is 34.7 Å². The molecule has 0 aliphatic heterocycles. The fraction of sp³-hybridized carbons (Fsp3) is 0.200. The van der Waals surface area contributed by atoms with Crippen molar-refractivity contribution in [2.45, 2.75) is 24.5 Å². The molecule has 0 bridgehead atoms.